The summed E-state index contributed by atoms with van der Waals surface area (Å²) in [4.78, 5) is 0. The minimum absolute atomic E-state index is 0.0600. The summed E-state index contributed by atoms with van der Waals surface area (Å²) in [5.74, 6) is 0.622. The Kier molecular flexibility index (Phi) is 5.96. The molecule has 0 N–H and O–H groups in total. The molecule has 0 amide bonds. The summed E-state index contributed by atoms with van der Waals surface area (Å²) >= 11 is 0. The summed E-state index contributed by atoms with van der Waals surface area (Å²) in [6.07, 6.45) is 0. The fraction of sp³-hybridized carbons (Fsp3) is 0.308. The van der Waals surface area contributed by atoms with Gasteiger partial charge in [-0.05, 0) is 44.7 Å². The highest BCUT2D eigenvalue weighted by Crippen LogP contribution is 2.45. The normalized spacial score (nSPS) is 12.2. The molecule has 0 heterocycles. The van der Waals surface area contributed by atoms with E-state index in [2.05, 4.69) is 77.9 Å². The van der Waals surface area contributed by atoms with Crippen molar-refractivity contribution in [2.45, 2.75) is 52.4 Å². The summed E-state index contributed by atoms with van der Waals surface area (Å²) in [7, 11) is -0.355. The van der Waals surface area contributed by atoms with Crippen LogP contribution in [-0.4, -0.2) is 0 Å². The maximum Gasteiger partial charge on any atom is 0.395 e. The lowest BCUT2D eigenvalue weighted by atomic mass is 9.76. The number of benzene rings is 3. The van der Waals surface area contributed by atoms with Gasteiger partial charge in [-0.1, -0.05) is 102 Å². The van der Waals surface area contributed by atoms with Gasteiger partial charge in [0.1, 0.15) is 5.75 Å². The van der Waals surface area contributed by atoms with Gasteiger partial charge in [-0.3, -0.25) is 0 Å². The van der Waals surface area contributed by atoms with Crippen LogP contribution in [0.25, 0.3) is 22.3 Å². The van der Waals surface area contributed by atoms with E-state index in [1.807, 2.05) is 30.3 Å². The molecule has 3 heteroatoms. The van der Waals surface area contributed by atoms with Gasteiger partial charge in [0.25, 0.3) is 0 Å². The fourth-order valence-corrected chi connectivity index (χ4v) is 3.87. The molecule has 3 aromatic carbocycles. The first-order valence-corrected chi connectivity index (χ1v) is 10.7. The molecule has 0 aliphatic rings. The number of hydrogen-bond donors (Lipinski definition) is 0. The molecule has 2 nitrogen and oxygen atoms in total. The van der Waals surface area contributed by atoms with E-state index in [0.29, 0.717) is 5.75 Å². The van der Waals surface area contributed by atoms with Crippen LogP contribution >= 0.6 is 8.69 Å². The third-order valence-corrected chi connectivity index (χ3v) is 5.48. The highest BCUT2D eigenvalue weighted by molar-refractivity contribution is 7.17. The van der Waals surface area contributed by atoms with E-state index in [1.165, 1.54) is 11.1 Å². The molecule has 3 aromatic rings. The second kappa shape index (κ2) is 8.13. The van der Waals surface area contributed by atoms with E-state index < -0.39 is 0 Å². The van der Waals surface area contributed by atoms with Crippen molar-refractivity contribution in [2.24, 2.45) is 0 Å². The lowest BCUT2D eigenvalue weighted by molar-refractivity contribution is 0.526. The van der Waals surface area contributed by atoms with Crippen LogP contribution in [0.5, 0.6) is 5.75 Å². The van der Waals surface area contributed by atoms with Crippen molar-refractivity contribution in [1.82, 2.24) is 0 Å². The summed E-state index contributed by atoms with van der Waals surface area (Å²) in [5, 5.41) is 0. The smallest absolute Gasteiger partial charge is 0.395 e. The first-order chi connectivity index (χ1) is 13.6. The van der Waals surface area contributed by atoms with Crippen molar-refractivity contribution in [3.05, 3.63) is 77.9 Å². The Morgan fingerprint density at radius 1 is 0.724 bits per heavy atom. The Balaban J connectivity index is 2.37. The predicted octanol–water partition coefficient (Wildman–Crippen LogP) is 8.20. The zero-order chi connectivity index (χ0) is 21.2. The van der Waals surface area contributed by atoms with Crippen molar-refractivity contribution in [3.8, 4) is 28.0 Å². The van der Waals surface area contributed by atoms with E-state index in [0.717, 1.165) is 22.3 Å². The molecule has 0 fully saturated rings. The average molecular weight is 404 g/mol. The summed E-state index contributed by atoms with van der Waals surface area (Å²) in [6.45, 7) is 13.4. The Morgan fingerprint density at radius 3 is 2.00 bits per heavy atom. The molecule has 0 radical (unpaired) electrons. The van der Waals surface area contributed by atoms with Gasteiger partial charge in [-0.2, -0.15) is 0 Å². The molecule has 0 saturated carbocycles. The van der Waals surface area contributed by atoms with E-state index in [-0.39, 0.29) is 19.5 Å². The van der Waals surface area contributed by atoms with Gasteiger partial charge in [0.2, 0.25) is 0 Å². The summed E-state index contributed by atoms with van der Waals surface area (Å²) in [6, 6.07) is 22.9. The van der Waals surface area contributed by atoms with Gasteiger partial charge >= 0.3 is 8.69 Å². The third kappa shape index (κ3) is 4.60. The van der Waals surface area contributed by atoms with Gasteiger partial charge in [-0.25, -0.2) is 4.57 Å². The molecule has 0 aliphatic heterocycles. The number of hydrogen-bond acceptors (Lipinski definition) is 2. The zero-order valence-corrected chi connectivity index (χ0v) is 19.0. The van der Waals surface area contributed by atoms with Crippen LogP contribution in [-0.2, 0) is 15.4 Å². The van der Waals surface area contributed by atoms with Gasteiger partial charge in [0.05, 0.1) is 0 Å². The topological polar surface area (TPSA) is 26.3 Å². The van der Waals surface area contributed by atoms with Gasteiger partial charge < -0.3 is 4.52 Å². The second-order valence-corrected chi connectivity index (χ2v) is 9.80. The van der Waals surface area contributed by atoms with Gasteiger partial charge in [0, 0.05) is 5.56 Å². The predicted molar refractivity (Wildman–Crippen MR) is 123 cm³/mol. The molecule has 0 aliphatic carbocycles. The molecule has 0 atom stereocenters. The Bertz CT molecular complexity index is 1010. The first kappa shape index (κ1) is 21.3. The highest BCUT2D eigenvalue weighted by atomic mass is 31.1. The zero-order valence-electron chi connectivity index (χ0n) is 18.1. The standard InChI is InChI=1S/C26H29O2P/c1-25(2,3)19-15-16-21(22(17-19)26(4,5)6)24-20(18-11-8-7-9-12-18)13-10-14-23(24)28-29-27/h7-17H,1-6H3. The first-order valence-electron chi connectivity index (χ1n) is 9.96. The Labute approximate surface area is 176 Å². The Morgan fingerprint density at radius 2 is 1.41 bits per heavy atom. The minimum Gasteiger partial charge on any atom is -0.407 e. The van der Waals surface area contributed by atoms with Crippen LogP contribution in [0, 0.1) is 0 Å². The molecule has 3 rings (SSSR count). The molecular formula is C26H29O2P. The van der Waals surface area contributed by atoms with Crippen molar-refractivity contribution < 1.29 is 9.09 Å². The van der Waals surface area contributed by atoms with Crippen molar-refractivity contribution in [1.29, 1.82) is 0 Å². The van der Waals surface area contributed by atoms with Crippen molar-refractivity contribution >= 4 is 8.69 Å². The van der Waals surface area contributed by atoms with Crippen LogP contribution in [0.4, 0.5) is 0 Å². The molecule has 0 saturated heterocycles. The fourth-order valence-electron chi connectivity index (χ4n) is 3.63. The molecule has 0 aromatic heterocycles. The maximum atomic E-state index is 11.3. The molecule has 150 valence electrons. The maximum absolute atomic E-state index is 11.3. The van der Waals surface area contributed by atoms with Crippen LogP contribution < -0.4 is 4.52 Å². The SMILES string of the molecule is CC(C)(C)c1ccc(-c2c(OP=O)cccc2-c2ccccc2)c(C(C)(C)C)c1. The van der Waals surface area contributed by atoms with E-state index in [4.69, 9.17) is 4.52 Å². The van der Waals surface area contributed by atoms with E-state index >= 15 is 0 Å². The largest absolute Gasteiger partial charge is 0.407 e. The van der Waals surface area contributed by atoms with Crippen molar-refractivity contribution in [3.63, 3.8) is 0 Å². The summed E-state index contributed by atoms with van der Waals surface area (Å²) < 4.78 is 16.9. The van der Waals surface area contributed by atoms with Crippen LogP contribution in [0.3, 0.4) is 0 Å². The lowest BCUT2D eigenvalue weighted by Crippen LogP contribution is -2.17. The Hall–Kier alpha value is -2.44. The van der Waals surface area contributed by atoms with Crippen LogP contribution in [0.2, 0.25) is 0 Å². The number of rotatable bonds is 4. The van der Waals surface area contributed by atoms with Crippen LogP contribution in [0.1, 0.15) is 52.7 Å². The molecule has 29 heavy (non-hydrogen) atoms. The van der Waals surface area contributed by atoms with Crippen LogP contribution in [0.15, 0.2) is 66.7 Å². The average Bonchev–Trinajstić information content (AvgIpc) is 2.67. The second-order valence-electron chi connectivity index (χ2n) is 9.47. The van der Waals surface area contributed by atoms with E-state index in [9.17, 15) is 4.57 Å². The molecule has 0 bridgehead atoms. The quantitative estimate of drug-likeness (QED) is 0.410. The van der Waals surface area contributed by atoms with E-state index in [1.54, 1.807) is 0 Å². The van der Waals surface area contributed by atoms with Gasteiger partial charge in [0.15, 0.2) is 0 Å². The lowest BCUT2D eigenvalue weighted by Gasteiger charge is -2.28. The summed E-state index contributed by atoms with van der Waals surface area (Å²) in [5.41, 5.74) is 6.82. The minimum atomic E-state index is -0.355. The van der Waals surface area contributed by atoms with Gasteiger partial charge in [-0.15, -0.1) is 0 Å². The van der Waals surface area contributed by atoms with Crippen molar-refractivity contribution in [2.75, 3.05) is 0 Å². The molecule has 0 spiro atoms. The third-order valence-electron chi connectivity index (χ3n) is 5.21. The highest BCUT2D eigenvalue weighted by Gasteiger charge is 2.25. The molecular weight excluding hydrogens is 375 g/mol. The monoisotopic (exact) mass is 404 g/mol. The molecule has 0 unspecified atom stereocenters.